The van der Waals surface area contributed by atoms with Crippen LogP contribution in [0.2, 0.25) is 0 Å². The Morgan fingerprint density at radius 1 is 1.25 bits per heavy atom. The van der Waals surface area contributed by atoms with Crippen LogP contribution in [-0.4, -0.2) is 43.0 Å². The molecule has 0 radical (unpaired) electrons. The second-order valence-corrected chi connectivity index (χ2v) is 6.11. The molecular weight excluding hydrogens is 304 g/mol. The summed E-state index contributed by atoms with van der Waals surface area (Å²) >= 11 is 0. The summed E-state index contributed by atoms with van der Waals surface area (Å²) in [6.45, 7) is 2.55. The number of anilines is 1. The minimum absolute atomic E-state index is 0.000726. The van der Waals surface area contributed by atoms with Gasteiger partial charge in [0.05, 0.1) is 13.2 Å². The molecule has 0 aromatic heterocycles. The highest BCUT2D eigenvalue weighted by molar-refractivity contribution is 5.92. The van der Waals surface area contributed by atoms with Crippen molar-refractivity contribution in [1.29, 1.82) is 0 Å². The summed E-state index contributed by atoms with van der Waals surface area (Å²) in [5.74, 6) is -0.357. The Morgan fingerprint density at radius 2 is 1.92 bits per heavy atom. The molecule has 1 saturated carbocycles. The van der Waals surface area contributed by atoms with Crippen molar-refractivity contribution in [2.24, 2.45) is 0 Å². The molecule has 5 heteroatoms. The zero-order valence-electron chi connectivity index (χ0n) is 14.5. The lowest BCUT2D eigenvalue weighted by Crippen LogP contribution is -2.36. The van der Waals surface area contributed by atoms with Gasteiger partial charge in [0.15, 0.2) is 0 Å². The van der Waals surface area contributed by atoms with Crippen LogP contribution in [0.15, 0.2) is 30.3 Å². The third-order valence-electron chi connectivity index (χ3n) is 4.23. The van der Waals surface area contributed by atoms with Gasteiger partial charge in [-0.1, -0.05) is 25.0 Å². The Bertz CT molecular complexity index is 575. The van der Waals surface area contributed by atoms with Crippen molar-refractivity contribution < 1.29 is 14.3 Å². The van der Waals surface area contributed by atoms with Crippen molar-refractivity contribution in [3.8, 4) is 0 Å². The van der Waals surface area contributed by atoms with Crippen LogP contribution in [-0.2, 0) is 14.3 Å². The number of nitrogens with zero attached hydrogens (tertiary/aromatic N) is 1. The van der Waals surface area contributed by atoms with Crippen LogP contribution < -0.4 is 5.32 Å². The number of hydrogen-bond donors (Lipinski definition) is 1. The van der Waals surface area contributed by atoms with Gasteiger partial charge in [-0.3, -0.25) is 9.69 Å². The average Bonchev–Trinajstić information content (AvgIpc) is 3.09. The summed E-state index contributed by atoms with van der Waals surface area (Å²) in [4.78, 5) is 25.5. The van der Waals surface area contributed by atoms with Gasteiger partial charge in [0.2, 0.25) is 5.91 Å². The molecule has 24 heavy (non-hydrogen) atoms. The number of ether oxygens (including phenoxy) is 1. The van der Waals surface area contributed by atoms with E-state index in [1.54, 1.807) is 13.0 Å². The monoisotopic (exact) mass is 330 g/mol. The maximum atomic E-state index is 12.1. The molecule has 0 spiro atoms. The molecule has 1 aliphatic rings. The highest BCUT2D eigenvalue weighted by Gasteiger charge is 2.21. The molecule has 1 N–H and O–H groups in total. The maximum absolute atomic E-state index is 12.1. The molecule has 0 aliphatic heterocycles. The minimum atomic E-state index is -0.357. The van der Waals surface area contributed by atoms with E-state index in [-0.39, 0.29) is 11.9 Å². The molecule has 0 saturated heterocycles. The van der Waals surface area contributed by atoms with E-state index >= 15 is 0 Å². The van der Waals surface area contributed by atoms with E-state index in [0.717, 1.165) is 11.3 Å². The Labute approximate surface area is 143 Å². The molecule has 0 atom stereocenters. The molecule has 0 unspecified atom stereocenters. The third kappa shape index (κ3) is 5.81. The molecule has 0 heterocycles. The van der Waals surface area contributed by atoms with Crippen molar-refractivity contribution >= 4 is 23.6 Å². The SMILES string of the molecule is CCOC(=O)/C=C/c1ccc(NC(=O)CN(C)C2CCCC2)cc1. The van der Waals surface area contributed by atoms with Gasteiger partial charge < -0.3 is 10.1 Å². The summed E-state index contributed by atoms with van der Waals surface area (Å²) in [6.07, 6.45) is 7.98. The summed E-state index contributed by atoms with van der Waals surface area (Å²) in [5, 5.41) is 2.91. The Balaban J connectivity index is 1.82. The fourth-order valence-corrected chi connectivity index (χ4v) is 2.93. The van der Waals surface area contributed by atoms with Crippen molar-refractivity contribution in [2.75, 3.05) is 25.5 Å². The summed E-state index contributed by atoms with van der Waals surface area (Å²) in [7, 11) is 2.01. The third-order valence-corrected chi connectivity index (χ3v) is 4.23. The highest BCUT2D eigenvalue weighted by Crippen LogP contribution is 2.22. The van der Waals surface area contributed by atoms with Crippen molar-refractivity contribution in [3.05, 3.63) is 35.9 Å². The first-order valence-corrected chi connectivity index (χ1v) is 8.53. The number of hydrogen-bond acceptors (Lipinski definition) is 4. The summed E-state index contributed by atoms with van der Waals surface area (Å²) in [5.41, 5.74) is 1.64. The summed E-state index contributed by atoms with van der Waals surface area (Å²) < 4.78 is 4.83. The molecule has 1 fully saturated rings. The molecule has 1 aromatic carbocycles. The van der Waals surface area contributed by atoms with E-state index in [1.807, 2.05) is 31.3 Å². The van der Waals surface area contributed by atoms with E-state index in [2.05, 4.69) is 10.2 Å². The predicted molar refractivity (Wildman–Crippen MR) is 95.6 cm³/mol. The van der Waals surface area contributed by atoms with E-state index in [9.17, 15) is 9.59 Å². The lowest BCUT2D eigenvalue weighted by molar-refractivity contribution is -0.137. The van der Waals surface area contributed by atoms with Crippen molar-refractivity contribution in [3.63, 3.8) is 0 Å². The molecule has 2 rings (SSSR count). The molecule has 5 nitrogen and oxygen atoms in total. The molecule has 1 aromatic rings. The Morgan fingerprint density at radius 3 is 2.54 bits per heavy atom. The van der Waals surface area contributed by atoms with Gasteiger partial charge in [0.25, 0.3) is 0 Å². The lowest BCUT2D eigenvalue weighted by atomic mass is 10.2. The highest BCUT2D eigenvalue weighted by atomic mass is 16.5. The zero-order chi connectivity index (χ0) is 17.4. The van der Waals surface area contributed by atoms with Crippen LogP contribution in [0, 0.1) is 0 Å². The van der Waals surface area contributed by atoms with Crippen LogP contribution in [0.3, 0.4) is 0 Å². The van der Waals surface area contributed by atoms with E-state index < -0.39 is 0 Å². The average molecular weight is 330 g/mol. The first kappa shape index (κ1) is 18.2. The van der Waals surface area contributed by atoms with Crippen molar-refractivity contribution in [1.82, 2.24) is 4.90 Å². The van der Waals surface area contributed by atoms with Crippen LogP contribution in [0.25, 0.3) is 6.08 Å². The number of rotatable bonds is 7. The van der Waals surface area contributed by atoms with Gasteiger partial charge in [-0.25, -0.2) is 4.79 Å². The Kier molecular flexibility index (Phi) is 7.00. The lowest BCUT2D eigenvalue weighted by Gasteiger charge is -2.23. The van der Waals surface area contributed by atoms with Crippen LogP contribution in [0.5, 0.6) is 0 Å². The van der Waals surface area contributed by atoms with E-state index in [0.29, 0.717) is 19.2 Å². The quantitative estimate of drug-likeness (QED) is 0.616. The topological polar surface area (TPSA) is 58.6 Å². The largest absolute Gasteiger partial charge is 0.463 e. The van der Waals surface area contributed by atoms with Gasteiger partial charge in [0.1, 0.15) is 0 Å². The Hall–Kier alpha value is -2.14. The fraction of sp³-hybridized carbons (Fsp3) is 0.474. The minimum Gasteiger partial charge on any atom is -0.463 e. The number of carbonyl (C=O) groups excluding carboxylic acids is 2. The standard InChI is InChI=1S/C19H26N2O3/c1-3-24-19(23)13-10-15-8-11-16(12-9-15)20-18(22)14-21(2)17-6-4-5-7-17/h8-13,17H,3-7,14H2,1-2H3,(H,20,22)/b13-10+. The van der Waals surface area contributed by atoms with Gasteiger partial charge in [-0.2, -0.15) is 0 Å². The van der Waals surface area contributed by atoms with Crippen LogP contribution in [0.4, 0.5) is 5.69 Å². The van der Waals surface area contributed by atoms with Gasteiger partial charge in [0, 0.05) is 17.8 Å². The second kappa shape index (κ2) is 9.23. The summed E-state index contributed by atoms with van der Waals surface area (Å²) in [6, 6.07) is 7.90. The van der Waals surface area contributed by atoms with E-state index in [1.165, 1.54) is 31.8 Å². The number of likely N-dealkylation sites (N-methyl/N-ethyl adjacent to an activating group) is 1. The van der Waals surface area contributed by atoms with Crippen LogP contribution >= 0.6 is 0 Å². The number of nitrogens with one attached hydrogen (secondary N) is 1. The van der Waals surface area contributed by atoms with Gasteiger partial charge in [-0.05, 0) is 50.6 Å². The molecule has 1 aliphatic carbocycles. The first-order valence-electron chi connectivity index (χ1n) is 8.53. The fourth-order valence-electron chi connectivity index (χ4n) is 2.93. The first-order chi connectivity index (χ1) is 11.6. The molecule has 1 amide bonds. The zero-order valence-corrected chi connectivity index (χ0v) is 14.5. The smallest absolute Gasteiger partial charge is 0.330 e. The van der Waals surface area contributed by atoms with Crippen molar-refractivity contribution in [2.45, 2.75) is 38.6 Å². The predicted octanol–water partition coefficient (Wildman–Crippen LogP) is 3.08. The van der Waals surface area contributed by atoms with Gasteiger partial charge in [-0.15, -0.1) is 0 Å². The van der Waals surface area contributed by atoms with Gasteiger partial charge >= 0.3 is 5.97 Å². The van der Waals surface area contributed by atoms with Crippen LogP contribution in [0.1, 0.15) is 38.2 Å². The van der Waals surface area contributed by atoms with E-state index in [4.69, 9.17) is 4.74 Å². The molecule has 130 valence electrons. The number of carbonyl (C=O) groups is 2. The molecular formula is C19H26N2O3. The number of benzene rings is 1. The molecule has 0 bridgehead atoms. The maximum Gasteiger partial charge on any atom is 0.330 e. The number of esters is 1. The normalized spacial score (nSPS) is 15.1. The second-order valence-electron chi connectivity index (χ2n) is 6.11. The number of amides is 1.